The van der Waals surface area contributed by atoms with Crippen molar-refractivity contribution in [2.75, 3.05) is 7.11 Å². The molecule has 3 aromatic carbocycles. The summed E-state index contributed by atoms with van der Waals surface area (Å²) < 4.78 is 5.39. The van der Waals surface area contributed by atoms with Crippen molar-refractivity contribution in [3.05, 3.63) is 94.5 Å². The van der Waals surface area contributed by atoms with Crippen LogP contribution in [0.2, 0.25) is 5.02 Å². The molecule has 0 saturated carbocycles. The third-order valence-electron chi connectivity index (χ3n) is 5.09. The Morgan fingerprint density at radius 3 is 2.60 bits per heavy atom. The van der Waals surface area contributed by atoms with Crippen molar-refractivity contribution in [3.63, 3.8) is 0 Å². The third-order valence-corrected chi connectivity index (χ3v) is 5.33. The molecular weight excluding hydrogens is 396 g/mol. The summed E-state index contributed by atoms with van der Waals surface area (Å²) in [5.41, 5.74) is 4.74. The summed E-state index contributed by atoms with van der Waals surface area (Å²) >= 11 is 6.19. The van der Waals surface area contributed by atoms with Crippen molar-refractivity contribution in [1.29, 1.82) is 0 Å². The zero-order valence-electron chi connectivity index (χ0n) is 16.8. The number of carbonyl (C=O) groups excluding carboxylic acids is 1. The lowest BCUT2D eigenvalue weighted by Gasteiger charge is -2.15. The molecule has 0 spiro atoms. The van der Waals surface area contributed by atoms with E-state index in [1.807, 2.05) is 79.7 Å². The second-order valence-electron chi connectivity index (χ2n) is 6.98. The number of pyridine rings is 1. The van der Waals surface area contributed by atoms with Gasteiger partial charge in [0.2, 0.25) is 0 Å². The Hall–Kier alpha value is -3.37. The molecule has 0 fully saturated rings. The first kappa shape index (κ1) is 19.9. The highest BCUT2D eigenvalue weighted by molar-refractivity contribution is 6.30. The molecule has 5 heteroatoms. The normalized spacial score (nSPS) is 10.8. The quantitative estimate of drug-likeness (QED) is 0.447. The number of nitrogens with zero attached hydrogens (tertiary/aromatic N) is 1. The number of para-hydroxylation sites is 2. The maximum Gasteiger partial charge on any atom is 0.252 e. The highest BCUT2D eigenvalue weighted by Gasteiger charge is 2.19. The van der Waals surface area contributed by atoms with Gasteiger partial charge in [0.15, 0.2) is 0 Å². The minimum absolute atomic E-state index is 0.153. The number of carbonyl (C=O) groups is 1. The molecule has 4 aromatic rings. The van der Waals surface area contributed by atoms with Gasteiger partial charge in [-0.1, -0.05) is 60.1 Å². The zero-order chi connectivity index (χ0) is 21.1. The number of hydrogen-bond acceptors (Lipinski definition) is 3. The SMILES string of the molecule is COc1ccccc1CNC(=O)c1c(C)c(-c2cccc(Cl)c2)nc2ccccc12. The molecule has 0 aliphatic heterocycles. The largest absolute Gasteiger partial charge is 0.496 e. The van der Waals surface area contributed by atoms with Crippen molar-refractivity contribution < 1.29 is 9.53 Å². The van der Waals surface area contributed by atoms with E-state index < -0.39 is 0 Å². The average Bonchev–Trinajstić information content (AvgIpc) is 2.77. The maximum absolute atomic E-state index is 13.3. The van der Waals surface area contributed by atoms with E-state index in [-0.39, 0.29) is 5.91 Å². The van der Waals surface area contributed by atoms with Gasteiger partial charge < -0.3 is 10.1 Å². The summed E-state index contributed by atoms with van der Waals surface area (Å²) in [4.78, 5) is 18.1. The summed E-state index contributed by atoms with van der Waals surface area (Å²) in [7, 11) is 1.62. The Kier molecular flexibility index (Phi) is 5.68. The van der Waals surface area contributed by atoms with Crippen LogP contribution in [-0.2, 0) is 6.54 Å². The van der Waals surface area contributed by atoms with Gasteiger partial charge in [-0.3, -0.25) is 4.79 Å². The first-order valence-corrected chi connectivity index (χ1v) is 10.0. The van der Waals surface area contributed by atoms with Crippen LogP contribution in [0.25, 0.3) is 22.2 Å². The number of ether oxygens (including phenoxy) is 1. The molecule has 30 heavy (non-hydrogen) atoms. The first-order valence-electron chi connectivity index (χ1n) is 9.64. The number of methoxy groups -OCH3 is 1. The number of amides is 1. The lowest BCUT2D eigenvalue weighted by atomic mass is 9.97. The van der Waals surface area contributed by atoms with Crippen molar-refractivity contribution in [1.82, 2.24) is 10.3 Å². The molecule has 1 amide bonds. The van der Waals surface area contributed by atoms with Gasteiger partial charge in [0.25, 0.3) is 5.91 Å². The van der Waals surface area contributed by atoms with Crippen LogP contribution in [0.5, 0.6) is 5.75 Å². The minimum Gasteiger partial charge on any atom is -0.496 e. The fraction of sp³-hybridized carbons (Fsp3) is 0.120. The summed E-state index contributed by atoms with van der Waals surface area (Å²) in [6, 6.07) is 22.8. The lowest BCUT2D eigenvalue weighted by Crippen LogP contribution is -2.24. The van der Waals surface area contributed by atoms with Gasteiger partial charge in [-0.25, -0.2) is 4.98 Å². The van der Waals surface area contributed by atoms with Gasteiger partial charge in [0, 0.05) is 28.1 Å². The number of benzene rings is 3. The van der Waals surface area contributed by atoms with Crippen molar-refractivity contribution in [2.24, 2.45) is 0 Å². The molecule has 0 atom stereocenters. The third kappa shape index (κ3) is 3.87. The Morgan fingerprint density at radius 1 is 1.03 bits per heavy atom. The van der Waals surface area contributed by atoms with Crippen LogP contribution < -0.4 is 10.1 Å². The second-order valence-corrected chi connectivity index (χ2v) is 7.42. The molecule has 150 valence electrons. The number of fused-ring (bicyclic) bond motifs is 1. The fourth-order valence-electron chi connectivity index (χ4n) is 3.63. The predicted molar refractivity (Wildman–Crippen MR) is 121 cm³/mol. The lowest BCUT2D eigenvalue weighted by molar-refractivity contribution is 0.0951. The topological polar surface area (TPSA) is 51.2 Å². The molecule has 0 bridgehead atoms. The van der Waals surface area contributed by atoms with Crippen molar-refractivity contribution in [3.8, 4) is 17.0 Å². The van der Waals surface area contributed by atoms with E-state index in [9.17, 15) is 4.79 Å². The van der Waals surface area contributed by atoms with Crippen LogP contribution >= 0.6 is 11.6 Å². The van der Waals surface area contributed by atoms with Gasteiger partial charge in [-0.05, 0) is 36.8 Å². The molecule has 4 nitrogen and oxygen atoms in total. The van der Waals surface area contributed by atoms with Crippen LogP contribution in [0.3, 0.4) is 0 Å². The molecule has 4 rings (SSSR count). The van der Waals surface area contributed by atoms with Crippen LogP contribution in [-0.4, -0.2) is 18.0 Å². The number of nitrogens with one attached hydrogen (secondary N) is 1. The summed E-state index contributed by atoms with van der Waals surface area (Å²) in [5.74, 6) is 0.592. The first-order chi connectivity index (χ1) is 14.6. The molecule has 1 N–H and O–H groups in total. The van der Waals surface area contributed by atoms with Crippen molar-refractivity contribution in [2.45, 2.75) is 13.5 Å². The summed E-state index contributed by atoms with van der Waals surface area (Å²) in [6.07, 6.45) is 0. The van der Waals surface area contributed by atoms with E-state index >= 15 is 0 Å². The molecule has 0 saturated heterocycles. The fourth-order valence-corrected chi connectivity index (χ4v) is 3.82. The van der Waals surface area contributed by atoms with Gasteiger partial charge in [-0.2, -0.15) is 0 Å². The number of hydrogen-bond donors (Lipinski definition) is 1. The number of aromatic nitrogens is 1. The maximum atomic E-state index is 13.3. The molecule has 1 aromatic heterocycles. The number of rotatable bonds is 5. The van der Waals surface area contributed by atoms with Crippen LogP contribution in [0.1, 0.15) is 21.5 Å². The van der Waals surface area contributed by atoms with Gasteiger partial charge in [0.1, 0.15) is 5.75 Å². The molecule has 1 heterocycles. The highest BCUT2D eigenvalue weighted by atomic mass is 35.5. The monoisotopic (exact) mass is 416 g/mol. The van der Waals surface area contributed by atoms with E-state index in [0.29, 0.717) is 17.1 Å². The Morgan fingerprint density at radius 2 is 1.80 bits per heavy atom. The summed E-state index contributed by atoms with van der Waals surface area (Å²) in [5, 5.41) is 4.49. The number of halogens is 1. The second kappa shape index (κ2) is 8.56. The Balaban J connectivity index is 1.77. The predicted octanol–water partition coefficient (Wildman–Crippen LogP) is 5.80. The molecule has 0 aliphatic carbocycles. The van der Waals surface area contributed by atoms with E-state index in [1.165, 1.54) is 0 Å². The van der Waals surface area contributed by atoms with E-state index in [4.69, 9.17) is 21.3 Å². The van der Waals surface area contributed by atoms with E-state index in [1.54, 1.807) is 7.11 Å². The standard InChI is InChI=1S/C25H21ClN2O2/c1-16-23(25(29)27-15-18-8-3-6-13-22(18)30-2)20-11-4-5-12-21(20)28-24(16)17-9-7-10-19(26)14-17/h3-14H,15H2,1-2H3,(H,27,29). The molecule has 0 radical (unpaired) electrons. The molecule has 0 unspecified atom stereocenters. The molecular formula is C25H21ClN2O2. The van der Waals surface area contributed by atoms with E-state index in [0.717, 1.165) is 39.0 Å². The van der Waals surface area contributed by atoms with Crippen molar-refractivity contribution >= 4 is 28.4 Å². The van der Waals surface area contributed by atoms with Crippen LogP contribution in [0, 0.1) is 6.92 Å². The Bertz CT molecular complexity index is 1240. The minimum atomic E-state index is -0.153. The average molecular weight is 417 g/mol. The Labute approximate surface area is 180 Å². The van der Waals surface area contributed by atoms with Gasteiger partial charge in [-0.15, -0.1) is 0 Å². The highest BCUT2D eigenvalue weighted by Crippen LogP contribution is 2.31. The van der Waals surface area contributed by atoms with Gasteiger partial charge in [0.05, 0.1) is 23.9 Å². The smallest absolute Gasteiger partial charge is 0.252 e. The molecule has 0 aliphatic rings. The zero-order valence-corrected chi connectivity index (χ0v) is 17.5. The van der Waals surface area contributed by atoms with Crippen LogP contribution in [0.4, 0.5) is 0 Å². The van der Waals surface area contributed by atoms with Crippen LogP contribution in [0.15, 0.2) is 72.8 Å². The summed E-state index contributed by atoms with van der Waals surface area (Å²) in [6.45, 7) is 2.29. The van der Waals surface area contributed by atoms with E-state index in [2.05, 4.69) is 5.32 Å². The van der Waals surface area contributed by atoms with Gasteiger partial charge >= 0.3 is 0 Å².